The monoisotopic (exact) mass is 286 g/mol. The van der Waals surface area contributed by atoms with Crippen molar-refractivity contribution in [3.8, 4) is 0 Å². The van der Waals surface area contributed by atoms with E-state index in [-0.39, 0.29) is 16.2 Å². The summed E-state index contributed by atoms with van der Waals surface area (Å²) in [6.45, 7) is 5.55. The number of H-pyrrole nitrogens is 1. The molecule has 19 heavy (non-hydrogen) atoms. The highest BCUT2D eigenvalue weighted by molar-refractivity contribution is 7.89. The number of carbonyl (C=O) groups is 1. The molecule has 7 heteroatoms. The summed E-state index contributed by atoms with van der Waals surface area (Å²) in [6, 6.07) is 0. The zero-order valence-corrected chi connectivity index (χ0v) is 12.0. The van der Waals surface area contributed by atoms with Crippen LogP contribution in [0.15, 0.2) is 4.90 Å². The Labute approximate surface area is 112 Å². The lowest BCUT2D eigenvalue weighted by molar-refractivity contribution is 0.0690. The van der Waals surface area contributed by atoms with Crippen molar-refractivity contribution < 1.29 is 18.3 Å². The van der Waals surface area contributed by atoms with Crippen molar-refractivity contribution in [2.45, 2.75) is 32.1 Å². The van der Waals surface area contributed by atoms with E-state index in [1.54, 1.807) is 6.92 Å². The third-order valence-corrected chi connectivity index (χ3v) is 5.36. The van der Waals surface area contributed by atoms with E-state index in [4.69, 9.17) is 5.11 Å². The molecule has 0 amide bonds. The normalized spacial score (nSPS) is 22.5. The predicted octanol–water partition coefficient (Wildman–Crippen LogP) is 1.26. The molecular weight excluding hydrogens is 268 g/mol. The van der Waals surface area contributed by atoms with Gasteiger partial charge in [0.05, 0.1) is 0 Å². The van der Waals surface area contributed by atoms with Crippen molar-refractivity contribution in [3.05, 3.63) is 17.0 Å². The van der Waals surface area contributed by atoms with Gasteiger partial charge in [0.25, 0.3) is 0 Å². The van der Waals surface area contributed by atoms with Gasteiger partial charge in [-0.05, 0) is 32.1 Å². The SMILES string of the molecule is Cc1[nH]c(C(=O)O)c(C)c1S(=O)(=O)NCC1CC1C. The summed E-state index contributed by atoms with van der Waals surface area (Å²) in [4.78, 5) is 13.7. The smallest absolute Gasteiger partial charge is 0.352 e. The van der Waals surface area contributed by atoms with Crippen LogP contribution in [0.5, 0.6) is 0 Å². The Morgan fingerprint density at radius 2 is 2.05 bits per heavy atom. The van der Waals surface area contributed by atoms with Gasteiger partial charge in [-0.3, -0.25) is 0 Å². The van der Waals surface area contributed by atoms with Crippen LogP contribution in [-0.2, 0) is 10.0 Å². The Bertz CT molecular complexity index is 618. The molecule has 0 saturated heterocycles. The van der Waals surface area contributed by atoms with Crippen LogP contribution >= 0.6 is 0 Å². The molecule has 3 N–H and O–H groups in total. The minimum atomic E-state index is -3.66. The molecule has 106 valence electrons. The second kappa shape index (κ2) is 4.64. The maximum absolute atomic E-state index is 12.2. The van der Waals surface area contributed by atoms with Crippen molar-refractivity contribution in [3.63, 3.8) is 0 Å². The average molecular weight is 286 g/mol. The highest BCUT2D eigenvalue weighted by Gasteiger charge is 2.34. The van der Waals surface area contributed by atoms with Crippen LogP contribution in [0.1, 0.15) is 35.1 Å². The molecule has 1 aliphatic rings. The summed E-state index contributed by atoms with van der Waals surface area (Å²) in [5.74, 6) is -0.197. The molecule has 0 spiro atoms. The Kier molecular flexibility index (Phi) is 3.44. The maximum Gasteiger partial charge on any atom is 0.352 e. The number of aromatic amines is 1. The number of carboxylic acid groups (broad SMARTS) is 1. The van der Waals surface area contributed by atoms with Crippen LogP contribution in [0.2, 0.25) is 0 Å². The molecule has 1 aromatic heterocycles. The lowest BCUT2D eigenvalue weighted by Gasteiger charge is -2.07. The van der Waals surface area contributed by atoms with Crippen molar-refractivity contribution in [1.29, 1.82) is 0 Å². The average Bonchev–Trinajstić information content (AvgIpc) is 2.89. The van der Waals surface area contributed by atoms with Crippen LogP contribution in [-0.4, -0.2) is 31.0 Å². The minimum Gasteiger partial charge on any atom is -0.477 e. The molecule has 1 aromatic rings. The molecule has 1 heterocycles. The zero-order chi connectivity index (χ0) is 14.4. The molecule has 0 radical (unpaired) electrons. The summed E-state index contributed by atoms with van der Waals surface area (Å²) in [5, 5.41) is 8.99. The summed E-state index contributed by atoms with van der Waals surface area (Å²) in [6.07, 6.45) is 1.04. The van der Waals surface area contributed by atoms with Crippen LogP contribution in [0.25, 0.3) is 0 Å². The minimum absolute atomic E-state index is 0.0539. The molecular formula is C12H18N2O4S. The number of aromatic nitrogens is 1. The van der Waals surface area contributed by atoms with Gasteiger partial charge in [-0.15, -0.1) is 0 Å². The highest BCUT2D eigenvalue weighted by atomic mass is 32.2. The van der Waals surface area contributed by atoms with Gasteiger partial charge in [-0.2, -0.15) is 0 Å². The molecule has 2 unspecified atom stereocenters. The fraction of sp³-hybridized carbons (Fsp3) is 0.583. The summed E-state index contributed by atoms with van der Waals surface area (Å²) in [7, 11) is -3.66. The van der Waals surface area contributed by atoms with E-state index in [1.165, 1.54) is 6.92 Å². The Morgan fingerprint density at radius 1 is 1.47 bits per heavy atom. The van der Waals surface area contributed by atoms with Gasteiger partial charge in [0.2, 0.25) is 10.0 Å². The van der Waals surface area contributed by atoms with Gasteiger partial charge in [-0.25, -0.2) is 17.9 Å². The largest absolute Gasteiger partial charge is 0.477 e. The van der Waals surface area contributed by atoms with Crippen LogP contribution in [0, 0.1) is 25.7 Å². The molecule has 6 nitrogen and oxygen atoms in total. The molecule has 2 atom stereocenters. The van der Waals surface area contributed by atoms with E-state index in [0.717, 1.165) is 6.42 Å². The summed E-state index contributed by atoms with van der Waals surface area (Å²) in [5.41, 5.74) is 0.533. The van der Waals surface area contributed by atoms with E-state index in [1.807, 2.05) is 0 Å². The number of sulfonamides is 1. The predicted molar refractivity (Wildman–Crippen MR) is 69.7 cm³/mol. The van der Waals surface area contributed by atoms with Crippen molar-refractivity contribution in [1.82, 2.24) is 9.71 Å². The van der Waals surface area contributed by atoms with E-state index in [2.05, 4.69) is 16.6 Å². The summed E-state index contributed by atoms with van der Waals surface area (Å²) >= 11 is 0. The third kappa shape index (κ3) is 2.66. The van der Waals surface area contributed by atoms with Gasteiger partial charge >= 0.3 is 5.97 Å². The fourth-order valence-corrected chi connectivity index (χ4v) is 3.86. The molecule has 2 rings (SSSR count). The first kappa shape index (κ1) is 14.1. The van der Waals surface area contributed by atoms with Gasteiger partial charge in [0.15, 0.2) is 0 Å². The molecule has 0 aliphatic heterocycles. The van der Waals surface area contributed by atoms with Crippen LogP contribution in [0.3, 0.4) is 0 Å². The number of aryl methyl sites for hydroxylation is 1. The second-order valence-electron chi connectivity index (χ2n) is 5.21. The van der Waals surface area contributed by atoms with Gasteiger partial charge in [0.1, 0.15) is 10.6 Å². The Morgan fingerprint density at radius 3 is 2.47 bits per heavy atom. The summed E-state index contributed by atoms with van der Waals surface area (Å²) < 4.78 is 27.0. The molecule has 0 aromatic carbocycles. The lowest BCUT2D eigenvalue weighted by atomic mass is 10.2. The maximum atomic E-state index is 12.2. The van der Waals surface area contributed by atoms with E-state index in [0.29, 0.717) is 24.1 Å². The van der Waals surface area contributed by atoms with Crippen molar-refractivity contribution in [2.24, 2.45) is 11.8 Å². The number of hydrogen-bond donors (Lipinski definition) is 3. The second-order valence-corrected chi connectivity index (χ2v) is 6.91. The topological polar surface area (TPSA) is 99.3 Å². The highest BCUT2D eigenvalue weighted by Crippen LogP contribution is 2.37. The van der Waals surface area contributed by atoms with E-state index < -0.39 is 16.0 Å². The number of carboxylic acids is 1. The standard InChI is InChI=1S/C12H18N2O4S/c1-6-4-9(6)5-13-19(17,18)11-7(2)10(12(15)16)14-8(11)3/h6,9,13-14H,4-5H2,1-3H3,(H,15,16). The lowest BCUT2D eigenvalue weighted by Crippen LogP contribution is -2.27. The Hall–Kier alpha value is -1.34. The first-order valence-corrected chi connectivity index (χ1v) is 7.64. The number of hydrogen-bond acceptors (Lipinski definition) is 3. The molecule has 0 bridgehead atoms. The number of rotatable bonds is 5. The number of aromatic carboxylic acids is 1. The third-order valence-electron chi connectivity index (χ3n) is 3.66. The van der Waals surface area contributed by atoms with Gasteiger partial charge in [0, 0.05) is 17.8 Å². The van der Waals surface area contributed by atoms with Gasteiger partial charge in [-0.1, -0.05) is 6.92 Å². The van der Waals surface area contributed by atoms with Crippen LogP contribution in [0.4, 0.5) is 0 Å². The molecule has 1 aliphatic carbocycles. The van der Waals surface area contributed by atoms with Crippen LogP contribution < -0.4 is 4.72 Å². The van der Waals surface area contributed by atoms with E-state index in [9.17, 15) is 13.2 Å². The van der Waals surface area contributed by atoms with Gasteiger partial charge < -0.3 is 10.1 Å². The van der Waals surface area contributed by atoms with Crippen molar-refractivity contribution >= 4 is 16.0 Å². The molecule has 1 fully saturated rings. The first-order chi connectivity index (χ1) is 8.74. The number of nitrogens with one attached hydrogen (secondary N) is 2. The quantitative estimate of drug-likeness (QED) is 0.758. The first-order valence-electron chi connectivity index (χ1n) is 6.16. The molecule has 1 saturated carbocycles. The zero-order valence-electron chi connectivity index (χ0n) is 11.1. The van der Waals surface area contributed by atoms with Crippen molar-refractivity contribution in [2.75, 3.05) is 6.54 Å². The Balaban J connectivity index is 2.27. The fourth-order valence-electron chi connectivity index (χ4n) is 2.32. The van der Waals surface area contributed by atoms with E-state index >= 15 is 0 Å².